The molecule has 1 saturated carbocycles. The topological polar surface area (TPSA) is 57.7 Å². The van der Waals surface area contributed by atoms with E-state index in [-0.39, 0.29) is 17.3 Å². The number of rotatable bonds is 8. The maximum atomic E-state index is 13.8. The molecule has 3 fully saturated rings. The molecule has 1 amide bonds. The quantitative estimate of drug-likeness (QED) is 0.686. The molecule has 2 aromatic rings. The Morgan fingerprint density at radius 3 is 2.72 bits per heavy atom. The van der Waals surface area contributed by atoms with Gasteiger partial charge < -0.3 is 15.0 Å². The Bertz CT molecular complexity index is 1020. The highest BCUT2D eigenvalue weighted by molar-refractivity contribution is 5.94. The first-order chi connectivity index (χ1) is 15.4. The lowest BCUT2D eigenvalue weighted by Crippen LogP contribution is -2.79. The zero-order valence-corrected chi connectivity index (χ0v) is 19.0. The predicted octanol–water partition coefficient (Wildman–Crippen LogP) is 3.26. The lowest BCUT2D eigenvalue weighted by Gasteiger charge is -2.63. The molecule has 1 aromatic carbocycles. The molecule has 0 bridgehead atoms. The van der Waals surface area contributed by atoms with Crippen molar-refractivity contribution < 1.29 is 13.9 Å². The van der Waals surface area contributed by atoms with Crippen molar-refractivity contribution in [3.63, 3.8) is 0 Å². The number of anilines is 1. The van der Waals surface area contributed by atoms with Crippen LogP contribution in [0.1, 0.15) is 42.7 Å². The molecule has 5 rings (SSSR count). The minimum atomic E-state index is -0.358. The van der Waals surface area contributed by atoms with Crippen LogP contribution in [0.4, 0.5) is 10.1 Å². The van der Waals surface area contributed by atoms with Gasteiger partial charge in [-0.3, -0.25) is 14.7 Å². The van der Waals surface area contributed by atoms with Crippen molar-refractivity contribution in [2.24, 2.45) is 5.92 Å². The predicted molar refractivity (Wildman–Crippen MR) is 122 cm³/mol. The number of halogens is 1. The molecular formula is C25H31FN4O2. The summed E-state index contributed by atoms with van der Waals surface area (Å²) in [5, 5.41) is 3.16. The average Bonchev–Trinajstić information content (AvgIpc) is 3.50. The summed E-state index contributed by atoms with van der Waals surface area (Å²) in [7, 11) is 1.58. The fraction of sp³-hybridized carbons (Fsp3) is 0.520. The monoisotopic (exact) mass is 438 g/mol. The van der Waals surface area contributed by atoms with E-state index in [0.717, 1.165) is 43.7 Å². The smallest absolute Gasteiger partial charge is 0.270 e. The second-order valence-corrected chi connectivity index (χ2v) is 9.90. The van der Waals surface area contributed by atoms with E-state index in [2.05, 4.69) is 33.9 Å². The molecule has 2 aliphatic heterocycles. The van der Waals surface area contributed by atoms with Gasteiger partial charge in [0.15, 0.2) is 0 Å². The summed E-state index contributed by atoms with van der Waals surface area (Å²) in [5.74, 6) is 0.856. The summed E-state index contributed by atoms with van der Waals surface area (Å²) < 4.78 is 19.1. The first kappa shape index (κ1) is 21.2. The molecule has 32 heavy (non-hydrogen) atoms. The summed E-state index contributed by atoms with van der Waals surface area (Å²) in [5.41, 5.74) is 1.91. The SMILES string of the molecule is COc1ccc(F)cc1CC1(NC(=O)c2cc(N3CC4[C@H]3CN4CC(C)C)ccn2)CC1. The number of carbonyl (C=O) groups excluding carboxylic acids is 1. The number of hydrogen-bond donors (Lipinski definition) is 1. The zero-order valence-electron chi connectivity index (χ0n) is 19.0. The number of fused-ring (bicyclic) bond motifs is 1. The first-order valence-corrected chi connectivity index (χ1v) is 11.5. The third-order valence-corrected chi connectivity index (χ3v) is 7.03. The van der Waals surface area contributed by atoms with Crippen LogP contribution in [0.5, 0.6) is 5.75 Å². The summed E-state index contributed by atoms with van der Waals surface area (Å²) in [6.45, 7) is 7.76. The average molecular weight is 439 g/mol. The van der Waals surface area contributed by atoms with Gasteiger partial charge in [-0.05, 0) is 61.1 Å². The molecule has 7 heteroatoms. The number of nitrogens with zero attached hydrogens (tertiary/aromatic N) is 3. The second-order valence-electron chi connectivity index (χ2n) is 9.90. The van der Waals surface area contributed by atoms with Gasteiger partial charge in [0, 0.05) is 43.1 Å². The van der Waals surface area contributed by atoms with E-state index in [4.69, 9.17) is 4.74 Å². The van der Waals surface area contributed by atoms with Gasteiger partial charge >= 0.3 is 0 Å². The Morgan fingerprint density at radius 1 is 1.25 bits per heavy atom. The van der Waals surface area contributed by atoms with E-state index >= 15 is 0 Å². The van der Waals surface area contributed by atoms with Crippen LogP contribution >= 0.6 is 0 Å². The molecule has 2 saturated heterocycles. The number of pyridine rings is 1. The molecule has 6 nitrogen and oxygen atoms in total. The van der Waals surface area contributed by atoms with Crippen molar-refractivity contribution in [3.8, 4) is 5.75 Å². The molecule has 3 aliphatic rings. The molecule has 1 aromatic heterocycles. The van der Waals surface area contributed by atoms with Crippen LogP contribution in [-0.2, 0) is 6.42 Å². The molecular weight excluding hydrogens is 407 g/mol. The van der Waals surface area contributed by atoms with Crippen molar-refractivity contribution in [1.29, 1.82) is 0 Å². The van der Waals surface area contributed by atoms with E-state index < -0.39 is 0 Å². The van der Waals surface area contributed by atoms with Crippen LogP contribution in [0.25, 0.3) is 0 Å². The maximum absolute atomic E-state index is 13.8. The Morgan fingerprint density at radius 2 is 2.06 bits per heavy atom. The number of likely N-dealkylation sites (tertiary alicyclic amines) is 1. The van der Waals surface area contributed by atoms with Crippen LogP contribution in [0.3, 0.4) is 0 Å². The van der Waals surface area contributed by atoms with Gasteiger partial charge in [-0.25, -0.2) is 4.39 Å². The molecule has 0 radical (unpaired) electrons. The second kappa shape index (κ2) is 8.03. The Hall–Kier alpha value is -2.67. The molecule has 0 spiro atoms. The number of amides is 1. The van der Waals surface area contributed by atoms with Crippen LogP contribution < -0.4 is 15.0 Å². The van der Waals surface area contributed by atoms with Crippen molar-refractivity contribution in [3.05, 3.63) is 53.6 Å². The third kappa shape index (κ3) is 3.94. The summed E-state index contributed by atoms with van der Waals surface area (Å²) in [6, 6.07) is 9.58. The zero-order chi connectivity index (χ0) is 22.5. The van der Waals surface area contributed by atoms with Gasteiger partial charge in [0.05, 0.1) is 13.2 Å². The van der Waals surface area contributed by atoms with Gasteiger partial charge in [0.1, 0.15) is 17.3 Å². The van der Waals surface area contributed by atoms with Crippen molar-refractivity contribution >= 4 is 11.6 Å². The lowest BCUT2D eigenvalue weighted by molar-refractivity contribution is 0.00245. The molecule has 1 N–H and O–H groups in total. The number of carbonyl (C=O) groups is 1. The number of ether oxygens (including phenoxy) is 1. The van der Waals surface area contributed by atoms with Gasteiger partial charge in [0.2, 0.25) is 0 Å². The van der Waals surface area contributed by atoms with E-state index in [1.54, 1.807) is 19.4 Å². The molecule has 2 atom stereocenters. The van der Waals surface area contributed by atoms with Crippen LogP contribution in [0.15, 0.2) is 36.5 Å². The van der Waals surface area contributed by atoms with Crippen LogP contribution in [0.2, 0.25) is 0 Å². The summed E-state index contributed by atoms with van der Waals surface area (Å²) in [4.78, 5) is 22.3. The van der Waals surface area contributed by atoms with Crippen molar-refractivity contribution in [1.82, 2.24) is 15.2 Å². The fourth-order valence-electron chi connectivity index (χ4n) is 5.09. The van der Waals surface area contributed by atoms with Gasteiger partial charge in [-0.15, -0.1) is 0 Å². The number of methoxy groups -OCH3 is 1. The highest BCUT2D eigenvalue weighted by atomic mass is 19.1. The normalized spacial score (nSPS) is 23.2. The number of hydrogen-bond acceptors (Lipinski definition) is 5. The minimum Gasteiger partial charge on any atom is -0.496 e. The first-order valence-electron chi connectivity index (χ1n) is 11.5. The Kier molecular flexibility index (Phi) is 5.32. The molecule has 1 aliphatic carbocycles. The number of aromatic nitrogens is 1. The lowest BCUT2D eigenvalue weighted by atomic mass is 9.84. The largest absolute Gasteiger partial charge is 0.496 e. The third-order valence-electron chi connectivity index (χ3n) is 7.03. The number of benzene rings is 1. The van der Waals surface area contributed by atoms with Gasteiger partial charge in [-0.2, -0.15) is 0 Å². The van der Waals surface area contributed by atoms with E-state index in [1.807, 2.05) is 12.1 Å². The highest BCUT2D eigenvalue weighted by Gasteiger charge is 2.51. The highest BCUT2D eigenvalue weighted by Crippen LogP contribution is 2.41. The van der Waals surface area contributed by atoms with E-state index in [1.165, 1.54) is 12.1 Å². The fourth-order valence-corrected chi connectivity index (χ4v) is 5.09. The van der Waals surface area contributed by atoms with Crippen LogP contribution in [-0.4, -0.2) is 60.2 Å². The van der Waals surface area contributed by atoms with Crippen molar-refractivity contribution in [2.75, 3.05) is 31.6 Å². The molecule has 1 unspecified atom stereocenters. The molecule has 3 heterocycles. The van der Waals surface area contributed by atoms with E-state index in [0.29, 0.717) is 35.9 Å². The number of nitrogens with one attached hydrogen (secondary N) is 1. The Balaban J connectivity index is 1.23. The van der Waals surface area contributed by atoms with E-state index in [9.17, 15) is 9.18 Å². The minimum absolute atomic E-state index is 0.174. The van der Waals surface area contributed by atoms with Crippen LogP contribution in [0, 0.1) is 11.7 Å². The Labute approximate surface area is 188 Å². The summed E-state index contributed by atoms with van der Waals surface area (Å²) >= 11 is 0. The van der Waals surface area contributed by atoms with Crippen molar-refractivity contribution in [2.45, 2.75) is 50.7 Å². The summed E-state index contributed by atoms with van der Waals surface area (Å²) in [6.07, 6.45) is 3.98. The maximum Gasteiger partial charge on any atom is 0.270 e. The van der Waals surface area contributed by atoms with Gasteiger partial charge in [-0.1, -0.05) is 13.8 Å². The van der Waals surface area contributed by atoms with Gasteiger partial charge in [0.25, 0.3) is 5.91 Å². The standard InChI is InChI=1S/C25H31FN4O2/c1-16(2)13-29-14-22-21(29)15-30(22)19-6-9-27-20(11-19)24(31)28-25(7-8-25)12-17-10-18(26)4-5-23(17)32-3/h4-6,9-11,16,21-22H,7-8,12-15H2,1-3H3,(H,28,31)/t21?,22-/m1/s1. The molecule has 170 valence electrons. The number of piperazine rings is 1.